The lowest BCUT2D eigenvalue weighted by Crippen LogP contribution is -2.52. The average Bonchev–Trinajstić information content (AvgIpc) is 2.86. The van der Waals surface area contributed by atoms with Crippen LogP contribution in [0.2, 0.25) is 0 Å². The lowest BCUT2D eigenvalue weighted by Gasteiger charge is -2.32. The normalized spacial score (nSPS) is 12.0. The quantitative estimate of drug-likeness (QED) is 0.407. The largest absolute Gasteiger partial charge is 0.457 e. The second-order valence-electron chi connectivity index (χ2n) is 9.03. The van der Waals surface area contributed by atoms with Gasteiger partial charge in [-0.05, 0) is 62.7 Å². The van der Waals surface area contributed by atoms with Gasteiger partial charge in [0.1, 0.15) is 24.1 Å². The van der Waals surface area contributed by atoms with Crippen LogP contribution >= 0.6 is 0 Å². The van der Waals surface area contributed by atoms with Gasteiger partial charge in [-0.3, -0.25) is 13.9 Å². The van der Waals surface area contributed by atoms with Crippen LogP contribution in [0.25, 0.3) is 0 Å². The predicted octanol–water partition coefficient (Wildman–Crippen LogP) is 4.19. The summed E-state index contributed by atoms with van der Waals surface area (Å²) in [4.78, 5) is 27.7. The molecule has 9 heteroatoms. The van der Waals surface area contributed by atoms with E-state index in [2.05, 4.69) is 5.32 Å². The molecule has 3 aromatic rings. The molecule has 0 bridgehead atoms. The van der Waals surface area contributed by atoms with E-state index in [1.54, 1.807) is 31.2 Å². The summed E-state index contributed by atoms with van der Waals surface area (Å²) in [6.45, 7) is 5.02. The molecule has 3 rings (SSSR count). The van der Waals surface area contributed by atoms with Crippen molar-refractivity contribution in [3.63, 3.8) is 0 Å². The molecular weight excluding hydrogens is 490 g/mol. The number of carbonyl (C=O) groups excluding carboxylic acids is 2. The van der Waals surface area contributed by atoms with Gasteiger partial charge in [0.25, 0.3) is 0 Å². The standard InChI is InChI=1S/C28H33N3O5S/c1-21(2)29-28(33)22(3)30(19-23-11-7-5-8-12-23)27(32)20-31(37(4,34)35)24-15-17-26(18-16-24)36-25-13-9-6-10-14-25/h5-18,21-22H,19-20H2,1-4H3,(H,29,33). The van der Waals surface area contributed by atoms with Crippen LogP contribution in [0.4, 0.5) is 5.69 Å². The Morgan fingerprint density at radius 2 is 1.38 bits per heavy atom. The third-order valence-electron chi connectivity index (χ3n) is 5.58. The summed E-state index contributed by atoms with van der Waals surface area (Å²) in [5.74, 6) is 0.368. The number of ether oxygens (including phenoxy) is 1. The third-order valence-corrected chi connectivity index (χ3v) is 6.72. The SMILES string of the molecule is CC(C)NC(=O)C(C)N(Cc1ccccc1)C(=O)CN(c1ccc(Oc2ccccc2)cc1)S(C)(=O)=O. The zero-order valence-corrected chi connectivity index (χ0v) is 22.3. The zero-order valence-electron chi connectivity index (χ0n) is 21.5. The number of rotatable bonds is 11. The number of hydrogen-bond donors (Lipinski definition) is 1. The molecule has 0 aliphatic heterocycles. The van der Waals surface area contributed by atoms with E-state index in [4.69, 9.17) is 4.74 Å². The van der Waals surface area contributed by atoms with Gasteiger partial charge in [-0.2, -0.15) is 0 Å². The minimum atomic E-state index is -3.81. The molecule has 0 saturated heterocycles. The highest BCUT2D eigenvalue weighted by Gasteiger charge is 2.30. The first-order chi connectivity index (χ1) is 17.5. The summed E-state index contributed by atoms with van der Waals surface area (Å²) in [7, 11) is -3.81. The van der Waals surface area contributed by atoms with E-state index in [0.717, 1.165) is 16.1 Å². The second-order valence-corrected chi connectivity index (χ2v) is 10.9. The van der Waals surface area contributed by atoms with Crippen molar-refractivity contribution in [2.24, 2.45) is 0 Å². The summed E-state index contributed by atoms with van der Waals surface area (Å²) in [5.41, 5.74) is 1.14. The van der Waals surface area contributed by atoms with Crippen molar-refractivity contribution in [1.82, 2.24) is 10.2 Å². The van der Waals surface area contributed by atoms with Gasteiger partial charge in [-0.15, -0.1) is 0 Å². The number of carbonyl (C=O) groups is 2. The van der Waals surface area contributed by atoms with Gasteiger partial charge in [0.2, 0.25) is 21.8 Å². The van der Waals surface area contributed by atoms with Crippen LogP contribution in [0.15, 0.2) is 84.9 Å². The molecule has 3 aromatic carbocycles. The van der Waals surface area contributed by atoms with Crippen molar-refractivity contribution in [2.75, 3.05) is 17.1 Å². The highest BCUT2D eigenvalue weighted by Crippen LogP contribution is 2.26. The van der Waals surface area contributed by atoms with Gasteiger partial charge in [0.15, 0.2) is 0 Å². The Labute approximate surface area is 218 Å². The van der Waals surface area contributed by atoms with Crippen molar-refractivity contribution in [2.45, 2.75) is 39.4 Å². The molecule has 0 aliphatic carbocycles. The van der Waals surface area contributed by atoms with E-state index in [9.17, 15) is 18.0 Å². The smallest absolute Gasteiger partial charge is 0.244 e. The number of nitrogens with one attached hydrogen (secondary N) is 1. The molecule has 2 amide bonds. The van der Waals surface area contributed by atoms with Gasteiger partial charge in [0, 0.05) is 12.6 Å². The minimum absolute atomic E-state index is 0.104. The van der Waals surface area contributed by atoms with Crippen LogP contribution in [0.1, 0.15) is 26.3 Å². The molecule has 0 radical (unpaired) electrons. The van der Waals surface area contributed by atoms with Crippen molar-refractivity contribution in [1.29, 1.82) is 0 Å². The molecule has 0 aromatic heterocycles. The number of nitrogens with zero attached hydrogens (tertiary/aromatic N) is 2. The first-order valence-corrected chi connectivity index (χ1v) is 13.8. The molecule has 196 valence electrons. The van der Waals surface area contributed by atoms with E-state index < -0.39 is 28.5 Å². The van der Waals surface area contributed by atoms with Crippen LogP contribution in [0, 0.1) is 0 Å². The molecule has 0 fully saturated rings. The Kier molecular flexibility index (Phi) is 9.30. The van der Waals surface area contributed by atoms with Crippen molar-refractivity contribution in [3.8, 4) is 11.5 Å². The molecule has 0 saturated carbocycles. The lowest BCUT2D eigenvalue weighted by molar-refractivity contribution is -0.139. The van der Waals surface area contributed by atoms with Crippen molar-refractivity contribution < 1.29 is 22.7 Å². The van der Waals surface area contributed by atoms with Crippen LogP contribution < -0.4 is 14.4 Å². The Balaban J connectivity index is 1.84. The van der Waals surface area contributed by atoms with Gasteiger partial charge < -0.3 is 15.0 Å². The van der Waals surface area contributed by atoms with Crippen LogP contribution in [-0.2, 0) is 26.2 Å². The summed E-state index contributed by atoms with van der Waals surface area (Å²) in [5, 5.41) is 2.83. The van der Waals surface area contributed by atoms with Gasteiger partial charge >= 0.3 is 0 Å². The monoisotopic (exact) mass is 523 g/mol. The van der Waals surface area contributed by atoms with E-state index in [0.29, 0.717) is 17.2 Å². The Morgan fingerprint density at radius 1 is 0.838 bits per heavy atom. The van der Waals surface area contributed by atoms with Gasteiger partial charge in [-0.1, -0.05) is 48.5 Å². The van der Waals surface area contributed by atoms with Crippen LogP contribution in [-0.4, -0.2) is 50.0 Å². The second kappa shape index (κ2) is 12.4. The van der Waals surface area contributed by atoms with E-state index >= 15 is 0 Å². The minimum Gasteiger partial charge on any atom is -0.457 e. The van der Waals surface area contributed by atoms with E-state index in [1.165, 1.54) is 4.90 Å². The van der Waals surface area contributed by atoms with Crippen molar-refractivity contribution >= 4 is 27.5 Å². The zero-order chi connectivity index (χ0) is 27.0. The van der Waals surface area contributed by atoms with Gasteiger partial charge in [-0.25, -0.2) is 8.42 Å². The fraction of sp³-hybridized carbons (Fsp3) is 0.286. The number of sulfonamides is 1. The summed E-state index contributed by atoms with van der Waals surface area (Å²) in [6.07, 6.45) is 1.05. The fourth-order valence-electron chi connectivity index (χ4n) is 3.69. The van der Waals surface area contributed by atoms with E-state index in [-0.39, 0.29) is 18.5 Å². The third kappa shape index (κ3) is 8.08. The van der Waals surface area contributed by atoms with Crippen LogP contribution in [0.5, 0.6) is 11.5 Å². The molecule has 1 atom stereocenters. The Bertz CT molecular complexity index is 1280. The number of hydrogen-bond acceptors (Lipinski definition) is 5. The molecule has 1 N–H and O–H groups in total. The fourth-order valence-corrected chi connectivity index (χ4v) is 4.54. The molecule has 0 aliphatic rings. The Hall–Kier alpha value is -3.85. The number of amides is 2. The highest BCUT2D eigenvalue weighted by atomic mass is 32.2. The summed E-state index contributed by atoms with van der Waals surface area (Å²) in [6, 6.07) is 24.0. The predicted molar refractivity (Wildman–Crippen MR) is 145 cm³/mol. The van der Waals surface area contributed by atoms with Crippen LogP contribution in [0.3, 0.4) is 0 Å². The maximum Gasteiger partial charge on any atom is 0.244 e. The maximum atomic E-state index is 13.5. The first kappa shape index (κ1) is 27.7. The van der Waals surface area contributed by atoms with Gasteiger partial charge in [0.05, 0.1) is 11.9 Å². The molecule has 0 heterocycles. The maximum absolute atomic E-state index is 13.5. The molecule has 37 heavy (non-hydrogen) atoms. The summed E-state index contributed by atoms with van der Waals surface area (Å²) < 4.78 is 32.3. The first-order valence-electron chi connectivity index (χ1n) is 12.0. The average molecular weight is 524 g/mol. The molecule has 0 spiro atoms. The topological polar surface area (TPSA) is 96.0 Å². The number of benzene rings is 3. The number of para-hydroxylation sites is 1. The highest BCUT2D eigenvalue weighted by molar-refractivity contribution is 7.92. The molecule has 1 unspecified atom stereocenters. The molecular formula is C28H33N3O5S. The Morgan fingerprint density at radius 3 is 1.92 bits per heavy atom. The number of anilines is 1. The molecule has 8 nitrogen and oxygen atoms in total. The van der Waals surface area contributed by atoms with E-state index in [1.807, 2.05) is 74.5 Å². The van der Waals surface area contributed by atoms with Crippen molar-refractivity contribution in [3.05, 3.63) is 90.5 Å². The lowest BCUT2D eigenvalue weighted by atomic mass is 10.1. The summed E-state index contributed by atoms with van der Waals surface area (Å²) >= 11 is 0.